The third-order valence-electron chi connectivity index (χ3n) is 6.08. The molecule has 2 unspecified atom stereocenters. The largest absolute Gasteiger partial charge is 0.487 e. The van der Waals surface area contributed by atoms with Gasteiger partial charge in [-0.15, -0.1) is 0 Å². The second-order valence-electron chi connectivity index (χ2n) is 8.74. The molecule has 0 bridgehead atoms. The number of amides is 1. The lowest BCUT2D eigenvalue weighted by Crippen LogP contribution is -2.45. The van der Waals surface area contributed by atoms with Crippen LogP contribution in [-0.4, -0.2) is 55.6 Å². The molecule has 0 spiro atoms. The molecule has 1 fully saturated rings. The summed E-state index contributed by atoms with van der Waals surface area (Å²) >= 11 is 0. The van der Waals surface area contributed by atoms with Crippen molar-refractivity contribution in [2.24, 2.45) is 9.98 Å². The Bertz CT molecular complexity index is 1310. The summed E-state index contributed by atoms with van der Waals surface area (Å²) in [5.41, 5.74) is 2.52. The first-order valence-corrected chi connectivity index (χ1v) is 11.8. The van der Waals surface area contributed by atoms with Crippen LogP contribution in [0, 0.1) is 5.82 Å². The number of hydrogen-bond donors (Lipinski definition) is 1. The molecule has 1 amide bonds. The van der Waals surface area contributed by atoms with Crippen molar-refractivity contribution in [2.75, 3.05) is 25.5 Å². The van der Waals surface area contributed by atoms with Gasteiger partial charge in [-0.05, 0) is 56.6 Å². The van der Waals surface area contributed by atoms with E-state index in [4.69, 9.17) is 9.73 Å². The summed E-state index contributed by atoms with van der Waals surface area (Å²) in [5.74, 6) is -0.554. The Kier molecular flexibility index (Phi) is 8.20. The number of benzene rings is 2. The maximum absolute atomic E-state index is 15.4. The fraction of sp³-hybridized carbons (Fsp3) is 0.207. The minimum Gasteiger partial charge on any atom is -0.487 e. The van der Waals surface area contributed by atoms with E-state index in [1.165, 1.54) is 6.07 Å². The fourth-order valence-corrected chi connectivity index (χ4v) is 4.20. The van der Waals surface area contributed by atoms with Crippen molar-refractivity contribution in [1.29, 1.82) is 0 Å². The van der Waals surface area contributed by atoms with Crippen LogP contribution in [-0.2, 0) is 4.79 Å². The van der Waals surface area contributed by atoms with Crippen molar-refractivity contribution < 1.29 is 18.3 Å². The van der Waals surface area contributed by atoms with Crippen LogP contribution < -0.4 is 10.1 Å². The topological polar surface area (TPSA) is 66.3 Å². The predicted octanol–water partition coefficient (Wildman–Crippen LogP) is 5.68. The van der Waals surface area contributed by atoms with E-state index in [2.05, 4.69) is 23.6 Å². The number of aliphatic imine (C=N–C) groups is 2. The summed E-state index contributed by atoms with van der Waals surface area (Å²) < 4.78 is 35.7. The zero-order chi connectivity index (χ0) is 26.4. The number of piperidine rings is 1. The standard InChI is InChI=1S/C29H28F2N4O2/c1-4-27(36)34-25-10-6-8-22(28(25)31)23-9-5-7-19(17-32-2)29(23)33-20-11-13-21(14-12-20)37-26-15-16-35(3)18-24(26)30/h4-14,17,24,26H,1-2,15-16,18H2,3H3,(H,34,36)/b19-17-,33-29?. The van der Waals surface area contributed by atoms with E-state index in [0.717, 1.165) is 12.6 Å². The fourth-order valence-electron chi connectivity index (χ4n) is 4.20. The molecule has 2 aromatic carbocycles. The van der Waals surface area contributed by atoms with Gasteiger partial charge in [0.2, 0.25) is 5.91 Å². The number of ether oxygens (including phenoxy) is 1. The number of allylic oxidation sites excluding steroid dienone is 5. The zero-order valence-electron chi connectivity index (χ0n) is 20.5. The van der Waals surface area contributed by atoms with Crippen molar-refractivity contribution in [3.8, 4) is 5.75 Å². The van der Waals surface area contributed by atoms with Crippen LogP contribution in [0.3, 0.4) is 0 Å². The Balaban J connectivity index is 1.64. The normalized spacial score (nSPS) is 22.0. The van der Waals surface area contributed by atoms with Crippen molar-refractivity contribution in [1.82, 2.24) is 4.90 Å². The molecule has 8 heteroatoms. The third kappa shape index (κ3) is 6.16. The number of likely N-dealkylation sites (tertiary alicyclic amines) is 1. The summed E-state index contributed by atoms with van der Waals surface area (Å²) in [6.07, 6.45) is 7.01. The third-order valence-corrected chi connectivity index (χ3v) is 6.08. The number of hydrogen-bond acceptors (Lipinski definition) is 5. The Hall–Kier alpha value is -4.17. The molecule has 1 N–H and O–H groups in total. The molecule has 1 heterocycles. The number of nitrogens with one attached hydrogen (secondary N) is 1. The van der Waals surface area contributed by atoms with Crippen LogP contribution in [0.2, 0.25) is 0 Å². The van der Waals surface area contributed by atoms with Crippen LogP contribution in [0.25, 0.3) is 5.57 Å². The number of nitrogens with zero attached hydrogens (tertiary/aromatic N) is 3. The van der Waals surface area contributed by atoms with Crippen LogP contribution in [0.5, 0.6) is 5.75 Å². The number of carbonyl (C=O) groups excluding carboxylic acids is 1. The highest BCUT2D eigenvalue weighted by Gasteiger charge is 2.29. The van der Waals surface area contributed by atoms with Gasteiger partial charge in [0.1, 0.15) is 18.0 Å². The maximum Gasteiger partial charge on any atom is 0.247 e. The van der Waals surface area contributed by atoms with Gasteiger partial charge in [-0.3, -0.25) is 9.79 Å². The minimum atomic E-state index is -1.05. The molecule has 0 saturated carbocycles. The Labute approximate surface area is 215 Å². The quantitative estimate of drug-likeness (QED) is 0.391. The van der Waals surface area contributed by atoms with Gasteiger partial charge in [0.15, 0.2) is 5.82 Å². The molecule has 2 atom stereocenters. The van der Waals surface area contributed by atoms with Gasteiger partial charge in [-0.25, -0.2) is 13.8 Å². The first kappa shape index (κ1) is 25.9. The van der Waals surface area contributed by atoms with E-state index in [9.17, 15) is 9.18 Å². The molecule has 4 rings (SSSR count). The van der Waals surface area contributed by atoms with Gasteiger partial charge in [-0.2, -0.15) is 0 Å². The van der Waals surface area contributed by atoms with Crippen LogP contribution in [0.4, 0.5) is 20.2 Å². The predicted molar refractivity (Wildman–Crippen MR) is 145 cm³/mol. The van der Waals surface area contributed by atoms with Gasteiger partial charge in [0, 0.05) is 36.0 Å². The minimum absolute atomic E-state index is 0.0335. The highest BCUT2D eigenvalue weighted by Crippen LogP contribution is 2.32. The van der Waals surface area contributed by atoms with E-state index < -0.39 is 24.0 Å². The number of halogens is 2. The lowest BCUT2D eigenvalue weighted by Gasteiger charge is -2.32. The van der Waals surface area contributed by atoms with Gasteiger partial charge in [0.25, 0.3) is 0 Å². The van der Waals surface area contributed by atoms with Crippen molar-refractivity contribution >= 4 is 35.3 Å². The van der Waals surface area contributed by atoms with Crippen LogP contribution >= 0.6 is 0 Å². The molecule has 1 saturated heterocycles. The summed E-state index contributed by atoms with van der Waals surface area (Å²) in [6.45, 7) is 8.06. The molecule has 2 aromatic rings. The average molecular weight is 503 g/mol. The number of anilines is 1. The van der Waals surface area contributed by atoms with Gasteiger partial charge < -0.3 is 15.0 Å². The highest BCUT2D eigenvalue weighted by molar-refractivity contribution is 6.34. The average Bonchev–Trinajstić information content (AvgIpc) is 2.89. The molecule has 0 radical (unpaired) electrons. The summed E-state index contributed by atoms with van der Waals surface area (Å²) in [4.78, 5) is 22.3. The molecule has 1 aliphatic heterocycles. The molecule has 0 aromatic heterocycles. The summed E-state index contributed by atoms with van der Waals surface area (Å²) in [6, 6.07) is 11.7. The Morgan fingerprint density at radius 2 is 2.03 bits per heavy atom. The van der Waals surface area contributed by atoms with Crippen molar-refractivity contribution in [3.05, 3.63) is 96.5 Å². The molecule has 1 aliphatic carbocycles. The van der Waals surface area contributed by atoms with Gasteiger partial charge in [-0.1, -0.05) is 36.9 Å². The highest BCUT2D eigenvalue weighted by atomic mass is 19.1. The number of alkyl halides is 1. The molecule has 2 aliphatic rings. The van der Waals surface area contributed by atoms with E-state index in [-0.39, 0.29) is 11.3 Å². The van der Waals surface area contributed by atoms with E-state index in [0.29, 0.717) is 41.3 Å². The second-order valence-corrected chi connectivity index (χ2v) is 8.74. The summed E-state index contributed by atoms with van der Waals surface area (Å²) in [5, 5.41) is 2.48. The van der Waals surface area contributed by atoms with E-state index in [1.807, 2.05) is 11.9 Å². The Morgan fingerprint density at radius 1 is 1.24 bits per heavy atom. The lowest BCUT2D eigenvalue weighted by molar-refractivity contribution is -0.111. The first-order chi connectivity index (χ1) is 17.9. The maximum atomic E-state index is 15.4. The number of carbonyl (C=O) groups is 1. The van der Waals surface area contributed by atoms with Crippen LogP contribution in [0.15, 0.2) is 95.1 Å². The van der Waals surface area contributed by atoms with Gasteiger partial charge >= 0.3 is 0 Å². The molecule has 6 nitrogen and oxygen atoms in total. The van der Waals surface area contributed by atoms with Crippen molar-refractivity contribution in [3.63, 3.8) is 0 Å². The molecular weight excluding hydrogens is 474 g/mol. The van der Waals surface area contributed by atoms with E-state index in [1.54, 1.807) is 60.8 Å². The smallest absolute Gasteiger partial charge is 0.247 e. The van der Waals surface area contributed by atoms with Crippen molar-refractivity contribution in [2.45, 2.75) is 18.7 Å². The molecule has 190 valence electrons. The number of rotatable bonds is 7. The SMILES string of the molecule is C=CC(=O)Nc1cccc(C2=CC=C/C(=C/N=C)C2=Nc2ccc(OC3CCN(C)CC3F)cc2)c1F. The lowest BCUT2D eigenvalue weighted by atomic mass is 9.91. The van der Waals surface area contributed by atoms with Crippen LogP contribution in [0.1, 0.15) is 12.0 Å². The van der Waals surface area contributed by atoms with E-state index >= 15 is 4.39 Å². The van der Waals surface area contributed by atoms with Gasteiger partial charge in [0.05, 0.1) is 17.1 Å². The molecular formula is C29H28F2N4O2. The molecule has 37 heavy (non-hydrogen) atoms. The second kappa shape index (κ2) is 11.7. The Morgan fingerprint density at radius 3 is 2.73 bits per heavy atom. The zero-order valence-corrected chi connectivity index (χ0v) is 20.5. The monoisotopic (exact) mass is 502 g/mol. The summed E-state index contributed by atoms with van der Waals surface area (Å²) in [7, 11) is 1.89. The first-order valence-electron chi connectivity index (χ1n) is 11.8.